The van der Waals surface area contributed by atoms with Crippen molar-refractivity contribution < 1.29 is 47.8 Å². The van der Waals surface area contributed by atoms with E-state index < -0.39 is 40.0 Å². The zero-order valence-electron chi connectivity index (χ0n) is 29.7. The maximum Gasteiger partial charge on any atom is 0.314 e. The van der Waals surface area contributed by atoms with Crippen LogP contribution in [0.3, 0.4) is 0 Å². The highest BCUT2D eigenvalue weighted by Gasteiger charge is 2.48. The minimum absolute atomic E-state index is 0.0678. The van der Waals surface area contributed by atoms with Crippen molar-refractivity contribution in [2.75, 3.05) is 46.0 Å². The van der Waals surface area contributed by atoms with Crippen molar-refractivity contribution in [3.05, 3.63) is 77.1 Å². The van der Waals surface area contributed by atoms with Crippen molar-refractivity contribution in [2.24, 2.45) is 0 Å². The predicted octanol–water partition coefficient (Wildman–Crippen LogP) is 2.94. The number of nitrogens with zero attached hydrogens (tertiary/aromatic N) is 2. The zero-order valence-corrected chi connectivity index (χ0v) is 31.3. The second kappa shape index (κ2) is 18.8. The molecule has 2 saturated carbocycles. The fourth-order valence-corrected chi connectivity index (χ4v) is 7.49. The molecule has 53 heavy (non-hydrogen) atoms. The molecule has 2 aromatic carbocycles. The number of amides is 2. The molecule has 3 atom stereocenters. The molecule has 6 N–H and O–H groups in total. The van der Waals surface area contributed by atoms with Gasteiger partial charge in [0.15, 0.2) is 0 Å². The first-order chi connectivity index (χ1) is 25.5. The minimum atomic E-state index is -3.91. The Labute approximate surface area is 315 Å². The molecule has 0 spiro atoms. The summed E-state index contributed by atoms with van der Waals surface area (Å²) in [7, 11) is -3.91. The Balaban J connectivity index is 1.12. The van der Waals surface area contributed by atoms with Crippen LogP contribution in [0.1, 0.15) is 50.2 Å². The standard InChI is InChI=1S/C37H49ClN4O10S/c1-2-42(17-20-50-19-16-40-36(47)41-23-33(45)35(46)32(44)12-18-43)53(48,49)27-9-10-31(38)25(21-27)24-51-37(13-14-37)30-22-39-15-11-28(30)29-5-3-4-6-34(29)52-26-7-8-26/h3-6,9-11,15,21-22,26,32-33,35,43-46H,2,7-8,12-14,16-20,23-24H2,1H3,(H2,40,41,47)/t32-,33+,35+/m1/s1. The first kappa shape index (κ1) is 40.8. The smallest absolute Gasteiger partial charge is 0.314 e. The van der Waals surface area contributed by atoms with Crippen LogP contribution in [0.2, 0.25) is 5.02 Å². The van der Waals surface area contributed by atoms with Gasteiger partial charge in [-0.2, -0.15) is 4.31 Å². The molecule has 5 rings (SSSR count). The summed E-state index contributed by atoms with van der Waals surface area (Å²) in [6.07, 6.45) is 3.09. The number of likely N-dealkylation sites (N-methyl/N-ethyl adjacent to an activating group) is 1. The molecule has 290 valence electrons. The molecule has 0 bridgehead atoms. The van der Waals surface area contributed by atoms with Crippen molar-refractivity contribution in [1.29, 1.82) is 0 Å². The average molecular weight is 777 g/mol. The Kier molecular flexibility index (Phi) is 14.5. The zero-order chi connectivity index (χ0) is 38.0. The topological polar surface area (TPSA) is 200 Å². The van der Waals surface area contributed by atoms with E-state index in [-0.39, 0.29) is 70.0 Å². The summed E-state index contributed by atoms with van der Waals surface area (Å²) in [5, 5.41) is 43.5. The molecule has 2 aliphatic rings. The van der Waals surface area contributed by atoms with Crippen LogP contribution in [0.5, 0.6) is 5.75 Å². The van der Waals surface area contributed by atoms with Crippen LogP contribution in [0.4, 0.5) is 4.79 Å². The third-order valence-electron chi connectivity index (χ3n) is 9.22. The van der Waals surface area contributed by atoms with Crippen molar-refractivity contribution in [3.8, 4) is 16.9 Å². The molecule has 3 aromatic rings. The number of urea groups is 1. The van der Waals surface area contributed by atoms with E-state index in [9.17, 15) is 28.5 Å². The van der Waals surface area contributed by atoms with Crippen LogP contribution >= 0.6 is 11.6 Å². The van der Waals surface area contributed by atoms with Gasteiger partial charge >= 0.3 is 6.03 Å². The lowest BCUT2D eigenvalue weighted by molar-refractivity contribution is -0.0635. The van der Waals surface area contributed by atoms with E-state index in [0.717, 1.165) is 48.1 Å². The number of halogens is 1. The fourth-order valence-electron chi connectivity index (χ4n) is 5.84. The molecule has 0 radical (unpaired) electrons. The van der Waals surface area contributed by atoms with E-state index in [1.54, 1.807) is 25.3 Å². The highest BCUT2D eigenvalue weighted by atomic mass is 35.5. The normalized spacial score (nSPS) is 16.9. The number of rotatable bonds is 22. The molecular weight excluding hydrogens is 728 g/mol. The van der Waals surface area contributed by atoms with Crippen molar-refractivity contribution in [2.45, 2.75) is 80.5 Å². The number of carbonyl (C=O) groups is 1. The summed E-state index contributed by atoms with van der Waals surface area (Å²) in [6, 6.07) is 13.9. The SMILES string of the molecule is CCN(CCOCCNC(=O)NC[C@H](O)[C@@H](O)[C@H](O)CCO)S(=O)(=O)c1ccc(Cl)c(COC2(c3cnccc3-c3ccccc3OC3CC3)CC2)c1. The van der Waals surface area contributed by atoms with E-state index in [2.05, 4.69) is 15.6 Å². The second-order valence-corrected chi connectivity index (χ2v) is 15.5. The number of hydrogen-bond acceptors (Lipinski definition) is 11. The number of aliphatic hydroxyl groups is 4. The summed E-state index contributed by atoms with van der Waals surface area (Å²) >= 11 is 6.57. The average Bonchev–Trinajstić information content (AvgIpc) is 4.11. The summed E-state index contributed by atoms with van der Waals surface area (Å²) in [5.74, 6) is 0.827. The first-order valence-electron chi connectivity index (χ1n) is 17.9. The number of pyridine rings is 1. The third kappa shape index (κ3) is 10.9. The Morgan fingerprint density at radius 1 is 1.06 bits per heavy atom. The van der Waals surface area contributed by atoms with Gasteiger partial charge in [0.2, 0.25) is 10.0 Å². The van der Waals surface area contributed by atoms with E-state index in [1.807, 2.05) is 36.5 Å². The van der Waals surface area contributed by atoms with Gasteiger partial charge in [-0.25, -0.2) is 13.2 Å². The van der Waals surface area contributed by atoms with Crippen LogP contribution in [0, 0.1) is 0 Å². The molecule has 2 amide bonds. The Bertz CT molecular complexity index is 1780. The number of ether oxygens (including phenoxy) is 3. The Morgan fingerprint density at radius 3 is 2.55 bits per heavy atom. The van der Waals surface area contributed by atoms with Crippen LogP contribution < -0.4 is 15.4 Å². The van der Waals surface area contributed by atoms with Gasteiger partial charge in [0.1, 0.15) is 11.9 Å². The highest BCUT2D eigenvalue weighted by Crippen LogP contribution is 2.53. The quantitative estimate of drug-likeness (QED) is 0.0821. The van der Waals surface area contributed by atoms with E-state index in [1.165, 1.54) is 10.4 Å². The summed E-state index contributed by atoms with van der Waals surface area (Å²) in [5.41, 5.74) is 2.86. The summed E-state index contributed by atoms with van der Waals surface area (Å²) in [6.45, 7) is 1.66. The van der Waals surface area contributed by atoms with Crippen LogP contribution in [0.25, 0.3) is 11.1 Å². The largest absolute Gasteiger partial charge is 0.490 e. The van der Waals surface area contributed by atoms with Gasteiger partial charge in [-0.15, -0.1) is 0 Å². The maximum absolute atomic E-state index is 13.7. The van der Waals surface area contributed by atoms with Gasteiger partial charge in [-0.1, -0.05) is 36.7 Å². The maximum atomic E-state index is 13.7. The van der Waals surface area contributed by atoms with Gasteiger partial charge in [0.05, 0.1) is 48.6 Å². The van der Waals surface area contributed by atoms with Crippen LogP contribution in [-0.2, 0) is 31.7 Å². The summed E-state index contributed by atoms with van der Waals surface area (Å²) < 4.78 is 47.0. The van der Waals surface area contributed by atoms with E-state index in [4.69, 9.17) is 30.9 Å². The lowest BCUT2D eigenvalue weighted by Crippen LogP contribution is -2.47. The molecular formula is C37H49ClN4O10S. The van der Waals surface area contributed by atoms with Gasteiger partial charge in [0.25, 0.3) is 0 Å². The lowest BCUT2D eigenvalue weighted by atomic mass is 9.96. The second-order valence-electron chi connectivity index (χ2n) is 13.2. The number of carbonyl (C=O) groups excluding carboxylic acids is 1. The molecule has 0 saturated heterocycles. The van der Waals surface area contributed by atoms with Gasteiger partial charge < -0.3 is 45.3 Å². The number of nitrogens with one attached hydrogen (secondary N) is 2. The number of benzene rings is 2. The monoisotopic (exact) mass is 776 g/mol. The van der Waals surface area contributed by atoms with Crippen molar-refractivity contribution in [1.82, 2.24) is 19.9 Å². The highest BCUT2D eigenvalue weighted by molar-refractivity contribution is 7.89. The summed E-state index contributed by atoms with van der Waals surface area (Å²) in [4.78, 5) is 16.5. The van der Waals surface area contributed by atoms with Crippen molar-refractivity contribution >= 4 is 27.7 Å². The number of para-hydroxylation sites is 1. The third-order valence-corrected chi connectivity index (χ3v) is 11.6. The van der Waals surface area contributed by atoms with Crippen molar-refractivity contribution in [3.63, 3.8) is 0 Å². The number of hydrogen-bond donors (Lipinski definition) is 6. The van der Waals surface area contributed by atoms with E-state index in [0.29, 0.717) is 10.6 Å². The Hall–Kier alpha value is -3.38. The number of aliphatic hydroxyl groups excluding tert-OH is 4. The van der Waals surface area contributed by atoms with Gasteiger partial charge in [0, 0.05) is 61.3 Å². The fraction of sp³-hybridized carbons (Fsp3) is 0.514. The lowest BCUT2D eigenvalue weighted by Gasteiger charge is -2.23. The van der Waals surface area contributed by atoms with E-state index >= 15 is 0 Å². The Morgan fingerprint density at radius 2 is 1.83 bits per heavy atom. The first-order valence-corrected chi connectivity index (χ1v) is 19.7. The number of aromatic nitrogens is 1. The van der Waals surface area contributed by atoms with Gasteiger partial charge in [-0.3, -0.25) is 4.98 Å². The molecule has 14 nitrogen and oxygen atoms in total. The van der Waals surface area contributed by atoms with Crippen LogP contribution in [0.15, 0.2) is 65.8 Å². The molecule has 1 aromatic heterocycles. The minimum Gasteiger partial charge on any atom is -0.490 e. The molecule has 0 unspecified atom stereocenters. The van der Waals surface area contributed by atoms with Gasteiger partial charge in [-0.05, 0) is 73.6 Å². The molecule has 16 heteroatoms. The molecule has 1 heterocycles. The molecule has 0 aliphatic heterocycles. The number of sulfonamides is 1. The van der Waals surface area contributed by atoms with Crippen LogP contribution in [-0.4, -0.2) is 115 Å². The molecule has 2 fully saturated rings. The predicted molar refractivity (Wildman–Crippen MR) is 197 cm³/mol. The molecule has 2 aliphatic carbocycles.